The molecule has 5 aromatic rings. The van der Waals surface area contributed by atoms with Crippen LogP contribution in [-0.4, -0.2) is 29.5 Å². The quantitative estimate of drug-likeness (QED) is 0.283. The molecule has 0 fully saturated rings. The topological polar surface area (TPSA) is 84.3 Å². The number of benzene rings is 2. The number of alkyl halides is 3. The first-order valence-electron chi connectivity index (χ1n) is 10.3. The van der Waals surface area contributed by atoms with Crippen molar-refractivity contribution in [1.82, 2.24) is 29.5 Å². The lowest BCUT2D eigenvalue weighted by atomic mass is 10.1. The highest BCUT2D eigenvalue weighted by molar-refractivity contribution is 6.35. The lowest BCUT2D eigenvalue weighted by molar-refractivity contribution is -0.140. The van der Waals surface area contributed by atoms with Crippen LogP contribution in [0.25, 0.3) is 33.9 Å². The molecular weight excluding hydrogens is 502 g/mol. The number of anilines is 1. The summed E-state index contributed by atoms with van der Waals surface area (Å²) in [4.78, 5) is 20.1. The standard InChI is InChI=1S/C23H16Cl2F3N7/c1-35-10-17(23(26,27)28)32-22(35)13-4-2-12(3-5-13)9-29-20-18-21(31-11-30-18)34-19(33-20)14-6-15(24)8-16(25)7-14/h2-8,10-11H,9H2,1H3,(H2,29,30,31,33,34). The van der Waals surface area contributed by atoms with Crippen molar-refractivity contribution in [2.24, 2.45) is 7.05 Å². The van der Waals surface area contributed by atoms with Crippen LogP contribution >= 0.6 is 23.2 Å². The fourth-order valence-electron chi connectivity index (χ4n) is 3.60. The minimum atomic E-state index is -4.50. The number of H-pyrrole nitrogens is 1. The lowest BCUT2D eigenvalue weighted by Crippen LogP contribution is -2.05. The van der Waals surface area contributed by atoms with Crippen LogP contribution in [0.15, 0.2) is 55.0 Å². The summed E-state index contributed by atoms with van der Waals surface area (Å²) in [7, 11) is 1.53. The van der Waals surface area contributed by atoms with Crippen molar-refractivity contribution in [3.05, 3.63) is 76.3 Å². The number of fused-ring (bicyclic) bond motifs is 1. The number of aromatic nitrogens is 6. The fraction of sp³-hybridized carbons (Fsp3) is 0.130. The molecule has 0 bridgehead atoms. The predicted molar refractivity (Wildman–Crippen MR) is 128 cm³/mol. The van der Waals surface area contributed by atoms with Crippen LogP contribution in [-0.2, 0) is 19.8 Å². The van der Waals surface area contributed by atoms with Gasteiger partial charge in [-0.3, -0.25) is 0 Å². The Morgan fingerprint density at radius 2 is 1.69 bits per heavy atom. The van der Waals surface area contributed by atoms with Gasteiger partial charge in [0.1, 0.15) is 11.3 Å². The first-order chi connectivity index (χ1) is 16.7. The number of aryl methyl sites for hydroxylation is 1. The van der Waals surface area contributed by atoms with Gasteiger partial charge in [0, 0.05) is 41.0 Å². The molecule has 7 nitrogen and oxygen atoms in total. The summed E-state index contributed by atoms with van der Waals surface area (Å²) < 4.78 is 40.3. The molecule has 5 rings (SSSR count). The molecule has 35 heavy (non-hydrogen) atoms. The van der Waals surface area contributed by atoms with Gasteiger partial charge < -0.3 is 14.9 Å². The van der Waals surface area contributed by atoms with Crippen LogP contribution in [0.4, 0.5) is 19.0 Å². The summed E-state index contributed by atoms with van der Waals surface area (Å²) in [5.41, 5.74) is 2.28. The van der Waals surface area contributed by atoms with Crippen molar-refractivity contribution in [3.63, 3.8) is 0 Å². The summed E-state index contributed by atoms with van der Waals surface area (Å²) in [6, 6.07) is 12.1. The zero-order chi connectivity index (χ0) is 24.7. The molecular formula is C23H16Cl2F3N7. The molecule has 2 aromatic carbocycles. The summed E-state index contributed by atoms with van der Waals surface area (Å²) >= 11 is 12.3. The van der Waals surface area contributed by atoms with Crippen LogP contribution in [0, 0.1) is 0 Å². The minimum absolute atomic E-state index is 0.233. The molecule has 0 aliphatic rings. The van der Waals surface area contributed by atoms with Crippen LogP contribution in [0.5, 0.6) is 0 Å². The zero-order valence-electron chi connectivity index (χ0n) is 18.0. The molecule has 0 radical (unpaired) electrons. The molecule has 0 saturated heterocycles. The Kier molecular flexibility index (Phi) is 5.86. The Morgan fingerprint density at radius 1 is 0.971 bits per heavy atom. The van der Waals surface area contributed by atoms with E-state index in [0.717, 1.165) is 11.8 Å². The van der Waals surface area contributed by atoms with E-state index < -0.39 is 11.9 Å². The third-order valence-corrected chi connectivity index (χ3v) is 5.68. The van der Waals surface area contributed by atoms with Crippen molar-refractivity contribution < 1.29 is 13.2 Å². The molecule has 0 atom stereocenters. The summed E-state index contributed by atoms with van der Waals surface area (Å²) in [5, 5.41) is 4.19. The van der Waals surface area contributed by atoms with Gasteiger partial charge in [-0.15, -0.1) is 0 Å². The monoisotopic (exact) mass is 517 g/mol. The number of hydrogen-bond acceptors (Lipinski definition) is 5. The molecule has 0 unspecified atom stereocenters. The van der Waals surface area contributed by atoms with E-state index in [1.165, 1.54) is 17.9 Å². The van der Waals surface area contributed by atoms with Gasteiger partial charge in [0.2, 0.25) is 0 Å². The lowest BCUT2D eigenvalue weighted by Gasteiger charge is -2.10. The van der Waals surface area contributed by atoms with Crippen LogP contribution in [0.3, 0.4) is 0 Å². The Bertz CT molecular complexity index is 1500. The van der Waals surface area contributed by atoms with Gasteiger partial charge in [-0.1, -0.05) is 47.5 Å². The third-order valence-electron chi connectivity index (χ3n) is 5.25. The number of halogens is 5. The fourth-order valence-corrected chi connectivity index (χ4v) is 4.13. The maximum atomic E-state index is 13.0. The van der Waals surface area contributed by atoms with Gasteiger partial charge >= 0.3 is 6.18 Å². The number of hydrogen-bond donors (Lipinski definition) is 2. The van der Waals surface area contributed by atoms with Crippen molar-refractivity contribution in [3.8, 4) is 22.8 Å². The van der Waals surface area contributed by atoms with Crippen molar-refractivity contribution >= 4 is 40.2 Å². The highest BCUT2D eigenvalue weighted by Crippen LogP contribution is 2.31. The van der Waals surface area contributed by atoms with Crippen LogP contribution in [0.1, 0.15) is 11.3 Å². The Balaban J connectivity index is 1.39. The normalized spacial score (nSPS) is 11.8. The number of rotatable bonds is 5. The zero-order valence-corrected chi connectivity index (χ0v) is 19.5. The van der Waals surface area contributed by atoms with E-state index in [0.29, 0.717) is 50.5 Å². The van der Waals surface area contributed by atoms with E-state index in [4.69, 9.17) is 23.2 Å². The second kappa shape index (κ2) is 8.86. The van der Waals surface area contributed by atoms with Gasteiger partial charge in [0.25, 0.3) is 0 Å². The summed E-state index contributed by atoms with van der Waals surface area (Å²) in [6.07, 6.45) is -2.00. The molecule has 3 aromatic heterocycles. The predicted octanol–water partition coefficient (Wildman–Crippen LogP) is 6.36. The van der Waals surface area contributed by atoms with Crippen LogP contribution < -0.4 is 5.32 Å². The van der Waals surface area contributed by atoms with Gasteiger partial charge in [0.15, 0.2) is 23.0 Å². The van der Waals surface area contributed by atoms with E-state index in [9.17, 15) is 13.2 Å². The molecule has 0 aliphatic carbocycles. The largest absolute Gasteiger partial charge is 0.434 e. The number of aromatic amines is 1. The van der Waals surface area contributed by atoms with Gasteiger partial charge in [-0.2, -0.15) is 13.2 Å². The second-order valence-electron chi connectivity index (χ2n) is 7.76. The van der Waals surface area contributed by atoms with E-state index >= 15 is 0 Å². The third kappa shape index (κ3) is 4.80. The molecule has 2 N–H and O–H groups in total. The molecule has 178 valence electrons. The Labute approximate surface area is 207 Å². The van der Waals surface area contributed by atoms with Gasteiger partial charge in [0.05, 0.1) is 6.33 Å². The van der Waals surface area contributed by atoms with E-state index in [-0.39, 0.29) is 5.82 Å². The maximum absolute atomic E-state index is 13.0. The second-order valence-corrected chi connectivity index (χ2v) is 8.64. The number of nitrogens with one attached hydrogen (secondary N) is 2. The maximum Gasteiger partial charge on any atom is 0.434 e. The van der Waals surface area contributed by atoms with E-state index in [1.54, 1.807) is 30.3 Å². The molecule has 0 aliphatic heterocycles. The van der Waals surface area contributed by atoms with E-state index in [2.05, 4.69) is 30.2 Å². The molecule has 3 heterocycles. The molecule has 0 amide bonds. The smallest absolute Gasteiger partial charge is 0.364 e. The Hall–Kier alpha value is -3.63. The average Bonchev–Trinajstić information content (AvgIpc) is 3.43. The highest BCUT2D eigenvalue weighted by Gasteiger charge is 2.34. The minimum Gasteiger partial charge on any atom is -0.364 e. The molecule has 0 spiro atoms. The van der Waals surface area contributed by atoms with E-state index in [1.807, 2.05) is 12.1 Å². The number of nitrogens with zero attached hydrogens (tertiary/aromatic N) is 5. The SMILES string of the molecule is Cn1cc(C(F)(F)F)nc1-c1ccc(CNc2nc(-c3cc(Cl)cc(Cl)c3)nc3nc[nH]c23)cc1. The molecule has 12 heteroatoms. The summed E-state index contributed by atoms with van der Waals surface area (Å²) in [6.45, 7) is 0.398. The van der Waals surface area contributed by atoms with Gasteiger partial charge in [-0.25, -0.2) is 19.9 Å². The number of imidazole rings is 2. The van der Waals surface area contributed by atoms with Crippen molar-refractivity contribution in [2.75, 3.05) is 5.32 Å². The first-order valence-corrected chi connectivity index (χ1v) is 11.0. The summed E-state index contributed by atoms with van der Waals surface area (Å²) in [5.74, 6) is 1.17. The first kappa shape index (κ1) is 23.1. The highest BCUT2D eigenvalue weighted by atomic mass is 35.5. The average molecular weight is 518 g/mol. The molecule has 0 saturated carbocycles. The van der Waals surface area contributed by atoms with Crippen molar-refractivity contribution in [1.29, 1.82) is 0 Å². The Morgan fingerprint density at radius 3 is 2.34 bits per heavy atom. The van der Waals surface area contributed by atoms with Gasteiger partial charge in [-0.05, 0) is 23.8 Å². The van der Waals surface area contributed by atoms with Crippen LogP contribution in [0.2, 0.25) is 10.0 Å². The van der Waals surface area contributed by atoms with Crippen molar-refractivity contribution in [2.45, 2.75) is 12.7 Å².